The van der Waals surface area contributed by atoms with Crippen LogP contribution in [0.5, 0.6) is 5.75 Å². The van der Waals surface area contributed by atoms with Crippen LogP contribution in [0.15, 0.2) is 48.5 Å². The van der Waals surface area contributed by atoms with Crippen molar-refractivity contribution in [2.45, 2.75) is 13.0 Å². The summed E-state index contributed by atoms with van der Waals surface area (Å²) < 4.78 is 23.2. The van der Waals surface area contributed by atoms with E-state index in [9.17, 15) is 9.18 Å². The molecule has 0 unspecified atom stereocenters. The van der Waals surface area contributed by atoms with E-state index in [-0.39, 0.29) is 5.82 Å². The maximum absolute atomic E-state index is 13.0. The molecule has 0 radical (unpaired) electrons. The van der Waals surface area contributed by atoms with E-state index in [2.05, 4.69) is 4.74 Å². The molecule has 0 bridgehead atoms. The van der Waals surface area contributed by atoms with Gasteiger partial charge in [0.05, 0.1) is 6.61 Å². The van der Waals surface area contributed by atoms with Crippen molar-refractivity contribution in [2.75, 3.05) is 6.61 Å². The van der Waals surface area contributed by atoms with Gasteiger partial charge in [0.15, 0.2) is 0 Å². The van der Waals surface area contributed by atoms with Crippen LogP contribution in [0.25, 0.3) is 0 Å². The predicted molar refractivity (Wildman–Crippen MR) is 72.9 cm³/mol. The van der Waals surface area contributed by atoms with E-state index < -0.39 is 0 Å². The Balaban J connectivity index is 1.85. The fraction of sp³-hybridized carbons (Fsp3) is 0.188. The molecule has 0 aliphatic heterocycles. The fourth-order valence-electron chi connectivity index (χ4n) is 1.77. The Morgan fingerprint density at radius 3 is 2.55 bits per heavy atom. The van der Waals surface area contributed by atoms with Crippen LogP contribution in [0.4, 0.5) is 4.39 Å². The lowest BCUT2D eigenvalue weighted by Crippen LogP contribution is -1.98. The summed E-state index contributed by atoms with van der Waals surface area (Å²) in [4.78, 5) is 10.0. The van der Waals surface area contributed by atoms with E-state index in [4.69, 9.17) is 4.74 Å². The molecular formula is C16H15FO3. The number of benzene rings is 2. The number of hydrogen-bond acceptors (Lipinski definition) is 3. The van der Waals surface area contributed by atoms with Gasteiger partial charge in [-0.25, -0.2) is 4.39 Å². The quantitative estimate of drug-likeness (QED) is 0.575. The first-order valence-corrected chi connectivity index (χ1v) is 6.29. The highest BCUT2D eigenvalue weighted by Crippen LogP contribution is 2.15. The van der Waals surface area contributed by atoms with E-state index in [1.807, 2.05) is 30.3 Å². The van der Waals surface area contributed by atoms with Crippen molar-refractivity contribution in [1.29, 1.82) is 0 Å². The van der Waals surface area contributed by atoms with Crippen LogP contribution < -0.4 is 4.74 Å². The van der Waals surface area contributed by atoms with Crippen LogP contribution >= 0.6 is 0 Å². The van der Waals surface area contributed by atoms with Crippen molar-refractivity contribution >= 4 is 6.47 Å². The third kappa shape index (κ3) is 4.39. The molecule has 0 aliphatic carbocycles. The van der Waals surface area contributed by atoms with E-state index in [0.717, 1.165) is 11.1 Å². The van der Waals surface area contributed by atoms with Crippen molar-refractivity contribution in [1.82, 2.24) is 0 Å². The maximum atomic E-state index is 13.0. The van der Waals surface area contributed by atoms with Crippen molar-refractivity contribution in [3.05, 3.63) is 65.5 Å². The molecule has 2 aromatic rings. The summed E-state index contributed by atoms with van der Waals surface area (Å²) in [7, 11) is 0. The first kappa shape index (κ1) is 14.1. The number of rotatable bonds is 7. The fourth-order valence-corrected chi connectivity index (χ4v) is 1.77. The molecule has 3 nitrogen and oxygen atoms in total. The Labute approximate surface area is 117 Å². The van der Waals surface area contributed by atoms with E-state index >= 15 is 0 Å². The molecule has 104 valence electrons. The van der Waals surface area contributed by atoms with Crippen LogP contribution in [0.1, 0.15) is 11.1 Å². The van der Waals surface area contributed by atoms with Crippen molar-refractivity contribution in [3.63, 3.8) is 0 Å². The summed E-state index contributed by atoms with van der Waals surface area (Å²) in [5.74, 6) is 0.450. The van der Waals surface area contributed by atoms with Crippen molar-refractivity contribution in [3.8, 4) is 5.75 Å². The van der Waals surface area contributed by atoms with Crippen LogP contribution in [-0.2, 0) is 22.6 Å². The Kier molecular flexibility index (Phi) is 5.12. The topological polar surface area (TPSA) is 35.5 Å². The van der Waals surface area contributed by atoms with Gasteiger partial charge in [-0.2, -0.15) is 0 Å². The minimum atomic E-state index is -0.267. The number of halogens is 1. The summed E-state index contributed by atoms with van der Waals surface area (Å²) in [6.07, 6.45) is 0.670. The second kappa shape index (κ2) is 7.28. The summed E-state index contributed by atoms with van der Waals surface area (Å²) in [5.41, 5.74) is 1.85. The molecule has 4 heteroatoms. The molecule has 0 saturated carbocycles. The second-order valence-corrected chi connectivity index (χ2v) is 4.28. The number of carbonyl (C=O) groups is 1. The third-order valence-electron chi connectivity index (χ3n) is 2.79. The van der Waals surface area contributed by atoms with E-state index in [1.54, 1.807) is 6.07 Å². The molecule has 0 atom stereocenters. The van der Waals surface area contributed by atoms with Crippen LogP contribution in [0.2, 0.25) is 0 Å². The summed E-state index contributed by atoms with van der Waals surface area (Å²) in [5, 5.41) is 0. The molecule has 0 spiro atoms. The Morgan fingerprint density at radius 1 is 1.05 bits per heavy atom. The minimum absolute atomic E-state index is 0.267. The highest BCUT2D eigenvalue weighted by molar-refractivity contribution is 5.37. The SMILES string of the molecule is O=COCCc1ccc(OCc2cccc(F)c2)cc1. The highest BCUT2D eigenvalue weighted by Gasteiger charge is 1.99. The Morgan fingerprint density at radius 2 is 1.85 bits per heavy atom. The van der Waals surface area contributed by atoms with Crippen molar-refractivity contribution in [2.24, 2.45) is 0 Å². The van der Waals surface area contributed by atoms with Gasteiger partial charge in [0.2, 0.25) is 0 Å². The molecule has 0 saturated heterocycles. The number of ether oxygens (including phenoxy) is 2. The molecule has 2 aromatic carbocycles. The van der Waals surface area contributed by atoms with Crippen LogP contribution in [0.3, 0.4) is 0 Å². The van der Waals surface area contributed by atoms with Crippen LogP contribution in [-0.4, -0.2) is 13.1 Å². The summed E-state index contributed by atoms with van der Waals surface area (Å²) in [6.45, 7) is 1.13. The first-order valence-electron chi connectivity index (χ1n) is 6.29. The number of hydrogen-bond donors (Lipinski definition) is 0. The van der Waals surface area contributed by atoms with Crippen molar-refractivity contribution < 1.29 is 18.7 Å². The summed E-state index contributed by atoms with van der Waals surface area (Å²) >= 11 is 0. The Bertz CT molecular complexity index is 552. The minimum Gasteiger partial charge on any atom is -0.489 e. The molecule has 20 heavy (non-hydrogen) atoms. The molecule has 0 aliphatic rings. The predicted octanol–water partition coefficient (Wildman–Crippen LogP) is 3.12. The maximum Gasteiger partial charge on any atom is 0.293 e. The normalized spacial score (nSPS) is 10.1. The molecule has 0 amide bonds. The Hall–Kier alpha value is -2.36. The zero-order valence-electron chi connectivity index (χ0n) is 10.9. The van der Waals surface area contributed by atoms with Gasteiger partial charge in [0, 0.05) is 6.42 Å². The summed E-state index contributed by atoms with van der Waals surface area (Å²) in [6, 6.07) is 13.8. The lowest BCUT2D eigenvalue weighted by atomic mass is 10.1. The largest absolute Gasteiger partial charge is 0.489 e. The molecule has 0 aromatic heterocycles. The lowest BCUT2D eigenvalue weighted by Gasteiger charge is -2.07. The monoisotopic (exact) mass is 274 g/mol. The third-order valence-corrected chi connectivity index (χ3v) is 2.79. The molecule has 0 fully saturated rings. The smallest absolute Gasteiger partial charge is 0.293 e. The standard InChI is InChI=1S/C16H15FO3/c17-15-3-1-2-14(10-15)11-20-16-6-4-13(5-7-16)8-9-19-12-18/h1-7,10,12H,8-9,11H2. The van der Waals surface area contributed by atoms with Gasteiger partial charge in [-0.05, 0) is 35.4 Å². The first-order chi connectivity index (χ1) is 9.78. The van der Waals surface area contributed by atoms with Gasteiger partial charge in [0.1, 0.15) is 18.2 Å². The number of carbonyl (C=O) groups excluding carboxylic acids is 1. The lowest BCUT2D eigenvalue weighted by molar-refractivity contribution is -0.128. The van der Waals surface area contributed by atoms with E-state index in [1.165, 1.54) is 12.1 Å². The zero-order valence-corrected chi connectivity index (χ0v) is 10.9. The average molecular weight is 274 g/mol. The van der Waals surface area contributed by atoms with Gasteiger partial charge in [-0.1, -0.05) is 24.3 Å². The average Bonchev–Trinajstić information content (AvgIpc) is 2.47. The molecule has 0 heterocycles. The van der Waals surface area contributed by atoms with Gasteiger partial charge < -0.3 is 9.47 Å². The van der Waals surface area contributed by atoms with Crippen LogP contribution in [0, 0.1) is 5.82 Å². The van der Waals surface area contributed by atoms with Gasteiger partial charge in [-0.15, -0.1) is 0 Å². The van der Waals surface area contributed by atoms with E-state index in [0.29, 0.717) is 31.9 Å². The van der Waals surface area contributed by atoms with Gasteiger partial charge in [0.25, 0.3) is 6.47 Å². The zero-order chi connectivity index (χ0) is 14.2. The van der Waals surface area contributed by atoms with Gasteiger partial charge >= 0.3 is 0 Å². The highest BCUT2D eigenvalue weighted by atomic mass is 19.1. The molecule has 2 rings (SSSR count). The molecular weight excluding hydrogens is 259 g/mol. The second-order valence-electron chi connectivity index (χ2n) is 4.28. The molecule has 0 N–H and O–H groups in total. The van der Waals surface area contributed by atoms with Gasteiger partial charge in [-0.3, -0.25) is 4.79 Å².